The largest absolute Gasteiger partial charge is 0.425 e. The molecule has 0 spiro atoms. The van der Waals surface area contributed by atoms with Crippen LogP contribution in [0.3, 0.4) is 0 Å². The van der Waals surface area contributed by atoms with Crippen LogP contribution in [0.4, 0.5) is 13.2 Å². The third-order valence-corrected chi connectivity index (χ3v) is 4.52. The van der Waals surface area contributed by atoms with Gasteiger partial charge in [-0.2, -0.15) is 18.3 Å². The Morgan fingerprint density at radius 3 is 2.45 bits per heavy atom. The van der Waals surface area contributed by atoms with E-state index >= 15 is 0 Å². The molecule has 0 aliphatic carbocycles. The Hall–Kier alpha value is -3.14. The Labute approximate surface area is 164 Å². The molecule has 0 saturated heterocycles. The number of aliphatic hydroxyl groups is 1. The lowest BCUT2D eigenvalue weighted by atomic mass is 9.97. The van der Waals surface area contributed by atoms with Gasteiger partial charge in [-0.1, -0.05) is 12.1 Å². The molecule has 1 aromatic carbocycles. The van der Waals surface area contributed by atoms with Crippen molar-refractivity contribution in [1.82, 2.24) is 24.6 Å². The molecule has 0 saturated carbocycles. The summed E-state index contributed by atoms with van der Waals surface area (Å²) in [6.45, 7) is 0.133. The second-order valence-corrected chi connectivity index (χ2v) is 6.61. The Morgan fingerprint density at radius 2 is 1.90 bits per heavy atom. The summed E-state index contributed by atoms with van der Waals surface area (Å²) in [5.41, 5.74) is -1.59. The SMILES string of the molecule is Cn1ccnc1C(O)(CC(=O)NCCc1ccc(-n2cccn2)cc1)C(F)(F)F. The van der Waals surface area contributed by atoms with Gasteiger partial charge in [0.25, 0.3) is 0 Å². The van der Waals surface area contributed by atoms with Gasteiger partial charge >= 0.3 is 6.18 Å². The average molecular weight is 407 g/mol. The van der Waals surface area contributed by atoms with E-state index in [2.05, 4.69) is 15.4 Å². The number of hydrogen-bond acceptors (Lipinski definition) is 4. The molecule has 0 aliphatic heterocycles. The highest BCUT2D eigenvalue weighted by atomic mass is 19.4. The highest BCUT2D eigenvalue weighted by Crippen LogP contribution is 2.40. The van der Waals surface area contributed by atoms with E-state index < -0.39 is 29.9 Å². The summed E-state index contributed by atoms with van der Waals surface area (Å²) < 4.78 is 43.1. The lowest BCUT2D eigenvalue weighted by Gasteiger charge is -2.29. The van der Waals surface area contributed by atoms with E-state index in [0.29, 0.717) is 6.42 Å². The molecule has 29 heavy (non-hydrogen) atoms. The fourth-order valence-electron chi connectivity index (χ4n) is 2.95. The number of halogens is 3. The molecule has 1 unspecified atom stereocenters. The normalized spacial score (nSPS) is 13.8. The lowest BCUT2D eigenvalue weighted by Crippen LogP contribution is -2.48. The summed E-state index contributed by atoms with van der Waals surface area (Å²) in [5, 5.41) is 16.8. The maximum atomic E-state index is 13.5. The number of nitrogens with one attached hydrogen (secondary N) is 1. The number of rotatable bonds is 7. The van der Waals surface area contributed by atoms with Gasteiger partial charge in [-0.05, 0) is 30.2 Å². The van der Waals surface area contributed by atoms with Crippen LogP contribution in [0.5, 0.6) is 0 Å². The molecule has 1 atom stereocenters. The van der Waals surface area contributed by atoms with Crippen LogP contribution in [-0.4, -0.2) is 43.1 Å². The van der Waals surface area contributed by atoms with E-state index in [0.717, 1.165) is 22.0 Å². The van der Waals surface area contributed by atoms with Crippen LogP contribution in [0.15, 0.2) is 55.1 Å². The fraction of sp³-hybridized carbons (Fsp3) is 0.316. The minimum Gasteiger partial charge on any atom is -0.374 e. The third-order valence-electron chi connectivity index (χ3n) is 4.52. The Morgan fingerprint density at radius 1 is 1.17 bits per heavy atom. The number of nitrogens with zero attached hydrogens (tertiary/aromatic N) is 4. The number of aromatic nitrogens is 4. The third kappa shape index (κ3) is 4.48. The summed E-state index contributed by atoms with van der Waals surface area (Å²) in [7, 11) is 1.32. The average Bonchev–Trinajstić information content (AvgIpc) is 3.33. The molecular weight excluding hydrogens is 387 g/mol. The molecule has 7 nitrogen and oxygen atoms in total. The second kappa shape index (κ2) is 8.08. The van der Waals surface area contributed by atoms with E-state index in [1.54, 1.807) is 23.1 Å². The van der Waals surface area contributed by atoms with Crippen molar-refractivity contribution < 1.29 is 23.1 Å². The molecule has 10 heteroatoms. The van der Waals surface area contributed by atoms with E-state index in [4.69, 9.17) is 0 Å². The summed E-state index contributed by atoms with van der Waals surface area (Å²) in [6.07, 6.45) is 0.0895. The second-order valence-electron chi connectivity index (χ2n) is 6.61. The number of carbonyl (C=O) groups excluding carboxylic acids is 1. The van der Waals surface area contributed by atoms with Crippen LogP contribution in [0, 0.1) is 0 Å². The van der Waals surface area contributed by atoms with Crippen molar-refractivity contribution >= 4 is 5.91 Å². The number of aryl methyl sites for hydroxylation is 1. The molecule has 0 fully saturated rings. The lowest BCUT2D eigenvalue weighted by molar-refractivity contribution is -0.271. The molecule has 2 N–H and O–H groups in total. The Kier molecular flexibility index (Phi) is 5.73. The van der Waals surface area contributed by atoms with Crippen LogP contribution < -0.4 is 5.32 Å². The Bertz CT molecular complexity index is 951. The molecular formula is C19H20F3N5O2. The molecule has 0 aliphatic rings. The predicted molar refractivity (Wildman–Crippen MR) is 98.1 cm³/mol. The van der Waals surface area contributed by atoms with Crippen LogP contribution in [0.25, 0.3) is 5.69 Å². The van der Waals surface area contributed by atoms with E-state index in [1.807, 2.05) is 24.3 Å². The molecule has 154 valence electrons. The van der Waals surface area contributed by atoms with Crippen molar-refractivity contribution in [1.29, 1.82) is 0 Å². The van der Waals surface area contributed by atoms with Crippen molar-refractivity contribution in [3.05, 3.63) is 66.5 Å². The first-order valence-corrected chi connectivity index (χ1v) is 8.83. The maximum Gasteiger partial charge on any atom is 0.425 e. The zero-order valence-electron chi connectivity index (χ0n) is 15.6. The minimum atomic E-state index is -5.05. The van der Waals surface area contributed by atoms with Gasteiger partial charge in [0.1, 0.15) is 0 Å². The quantitative estimate of drug-likeness (QED) is 0.628. The predicted octanol–water partition coefficient (Wildman–Crippen LogP) is 2.10. The molecule has 3 aromatic rings. The summed E-state index contributed by atoms with van der Waals surface area (Å²) in [4.78, 5) is 15.7. The summed E-state index contributed by atoms with van der Waals surface area (Å²) >= 11 is 0. The van der Waals surface area contributed by atoms with Crippen LogP contribution in [0.1, 0.15) is 17.8 Å². The highest BCUT2D eigenvalue weighted by molar-refractivity contribution is 5.77. The van der Waals surface area contributed by atoms with Gasteiger partial charge in [0, 0.05) is 38.4 Å². The van der Waals surface area contributed by atoms with Crippen LogP contribution >= 0.6 is 0 Å². The van der Waals surface area contributed by atoms with Gasteiger partial charge in [0.2, 0.25) is 11.5 Å². The van der Waals surface area contributed by atoms with Gasteiger partial charge in [0.05, 0.1) is 12.1 Å². The van der Waals surface area contributed by atoms with Crippen molar-refractivity contribution in [3.8, 4) is 5.69 Å². The smallest absolute Gasteiger partial charge is 0.374 e. The van der Waals surface area contributed by atoms with Crippen molar-refractivity contribution in [3.63, 3.8) is 0 Å². The molecule has 3 rings (SSSR count). The van der Waals surface area contributed by atoms with Crippen LogP contribution in [-0.2, 0) is 23.9 Å². The Balaban J connectivity index is 1.58. The first-order valence-electron chi connectivity index (χ1n) is 8.83. The molecule has 0 bridgehead atoms. The van der Waals surface area contributed by atoms with Crippen molar-refractivity contribution in [2.45, 2.75) is 24.6 Å². The number of hydrogen-bond donors (Lipinski definition) is 2. The monoisotopic (exact) mass is 407 g/mol. The standard InChI is InChI=1S/C19H20F3N5O2/c1-26-12-10-24-17(26)18(29,19(20,21)22)13-16(28)23-9-7-14-3-5-15(6-4-14)27-11-2-8-25-27/h2-6,8,10-12,29H,7,9,13H2,1H3,(H,23,28). The molecule has 0 radical (unpaired) electrons. The topological polar surface area (TPSA) is 85.0 Å². The van der Waals surface area contributed by atoms with E-state index in [-0.39, 0.29) is 6.54 Å². The van der Waals surface area contributed by atoms with Gasteiger partial charge in [-0.3, -0.25) is 4.79 Å². The maximum absolute atomic E-state index is 13.5. The number of alkyl halides is 3. The highest BCUT2D eigenvalue weighted by Gasteiger charge is 2.58. The molecule has 2 heterocycles. The van der Waals surface area contributed by atoms with Crippen molar-refractivity contribution in [2.24, 2.45) is 7.05 Å². The van der Waals surface area contributed by atoms with E-state index in [1.165, 1.54) is 13.2 Å². The van der Waals surface area contributed by atoms with Crippen molar-refractivity contribution in [2.75, 3.05) is 6.54 Å². The van der Waals surface area contributed by atoms with Gasteiger partial charge in [0.15, 0.2) is 5.82 Å². The van der Waals surface area contributed by atoms with Gasteiger partial charge in [-0.15, -0.1) is 0 Å². The van der Waals surface area contributed by atoms with Gasteiger partial charge < -0.3 is 15.0 Å². The minimum absolute atomic E-state index is 0.133. The number of amides is 1. The first-order chi connectivity index (χ1) is 13.7. The summed E-state index contributed by atoms with van der Waals surface area (Å²) in [6, 6.07) is 9.21. The number of imidazole rings is 1. The fourth-order valence-corrected chi connectivity index (χ4v) is 2.95. The van der Waals surface area contributed by atoms with Crippen LogP contribution in [0.2, 0.25) is 0 Å². The molecule has 2 aromatic heterocycles. The van der Waals surface area contributed by atoms with Gasteiger partial charge in [-0.25, -0.2) is 9.67 Å². The number of benzene rings is 1. The zero-order chi connectivity index (χ0) is 21.1. The summed E-state index contributed by atoms with van der Waals surface area (Å²) in [5.74, 6) is -1.55. The van der Waals surface area contributed by atoms with E-state index in [9.17, 15) is 23.1 Å². The molecule has 1 amide bonds. The zero-order valence-corrected chi connectivity index (χ0v) is 15.6. The first kappa shape index (κ1) is 20.6. The number of carbonyl (C=O) groups is 1.